The van der Waals surface area contributed by atoms with Crippen LogP contribution in [0.15, 0.2) is 58.8 Å². The Hall–Kier alpha value is -2.40. The largest absolute Gasteiger partial charge is 0.494 e. The molecule has 1 N–H and O–H groups in total. The average Bonchev–Trinajstić information content (AvgIpc) is 2.65. The first-order valence-electron chi connectivity index (χ1n) is 8.80. The molecular weight excluding hydrogens is 316 g/mol. The molecule has 0 aliphatic heterocycles. The molecule has 0 spiro atoms. The quantitative estimate of drug-likeness (QED) is 0.437. The lowest BCUT2D eigenvalue weighted by Crippen LogP contribution is -1.97. The predicted molar refractivity (Wildman–Crippen MR) is 99.3 cm³/mol. The highest BCUT2D eigenvalue weighted by atomic mass is 16.5. The second kappa shape index (κ2) is 11.2. The number of rotatable bonds is 11. The molecule has 0 saturated heterocycles. The van der Waals surface area contributed by atoms with Gasteiger partial charge in [-0.25, -0.2) is 0 Å². The van der Waals surface area contributed by atoms with Gasteiger partial charge in [-0.05, 0) is 74.7 Å². The normalized spacial score (nSPS) is 11.0. The van der Waals surface area contributed by atoms with Crippen molar-refractivity contribution in [3.8, 4) is 11.5 Å². The van der Waals surface area contributed by atoms with Crippen molar-refractivity contribution < 1.29 is 14.6 Å². The highest BCUT2D eigenvalue weighted by molar-refractivity contribution is 5.44. The second-order valence-electron chi connectivity index (χ2n) is 5.61. The summed E-state index contributed by atoms with van der Waals surface area (Å²) in [5.41, 5.74) is 1.57. The molecule has 0 fully saturated rings. The van der Waals surface area contributed by atoms with Gasteiger partial charge in [-0.2, -0.15) is 10.2 Å². The third kappa shape index (κ3) is 7.35. The minimum Gasteiger partial charge on any atom is -0.494 e. The Morgan fingerprint density at radius 2 is 1.24 bits per heavy atom. The number of ether oxygens (including phenoxy) is 2. The molecular formula is C20H26N2O3. The summed E-state index contributed by atoms with van der Waals surface area (Å²) in [6.07, 6.45) is 3.99. The summed E-state index contributed by atoms with van der Waals surface area (Å²) in [7, 11) is 0. The molecule has 0 unspecified atom stereocenters. The molecule has 25 heavy (non-hydrogen) atoms. The zero-order chi connectivity index (χ0) is 17.7. The van der Waals surface area contributed by atoms with Crippen LogP contribution in [0.5, 0.6) is 11.5 Å². The summed E-state index contributed by atoms with van der Waals surface area (Å²) in [5, 5.41) is 17.2. The van der Waals surface area contributed by atoms with Crippen LogP contribution in [0.4, 0.5) is 11.4 Å². The number of hydrogen-bond acceptors (Lipinski definition) is 5. The molecule has 0 radical (unpaired) electrons. The van der Waals surface area contributed by atoms with Crippen LogP contribution in [0.2, 0.25) is 0 Å². The first-order valence-corrected chi connectivity index (χ1v) is 8.80. The van der Waals surface area contributed by atoms with E-state index in [0.717, 1.165) is 48.6 Å². The molecule has 5 heteroatoms. The van der Waals surface area contributed by atoms with Gasteiger partial charge >= 0.3 is 0 Å². The van der Waals surface area contributed by atoms with Crippen LogP contribution in [0.3, 0.4) is 0 Å². The van der Waals surface area contributed by atoms with E-state index in [4.69, 9.17) is 14.6 Å². The van der Waals surface area contributed by atoms with E-state index in [1.165, 1.54) is 0 Å². The van der Waals surface area contributed by atoms with Gasteiger partial charge in [0, 0.05) is 6.61 Å². The average molecular weight is 342 g/mol. The van der Waals surface area contributed by atoms with Crippen LogP contribution in [-0.2, 0) is 0 Å². The van der Waals surface area contributed by atoms with Crippen LogP contribution >= 0.6 is 0 Å². The van der Waals surface area contributed by atoms with Gasteiger partial charge in [0.1, 0.15) is 11.5 Å². The number of aliphatic hydroxyl groups excluding tert-OH is 1. The Morgan fingerprint density at radius 1 is 0.720 bits per heavy atom. The molecule has 0 atom stereocenters. The van der Waals surface area contributed by atoms with Gasteiger partial charge in [-0.1, -0.05) is 6.42 Å². The number of benzene rings is 2. The third-order valence-corrected chi connectivity index (χ3v) is 3.59. The van der Waals surface area contributed by atoms with Gasteiger partial charge in [-0.3, -0.25) is 0 Å². The van der Waals surface area contributed by atoms with Crippen molar-refractivity contribution in [3.63, 3.8) is 0 Å². The van der Waals surface area contributed by atoms with Gasteiger partial charge in [-0.15, -0.1) is 0 Å². The molecule has 2 rings (SSSR count). The van der Waals surface area contributed by atoms with Crippen LogP contribution < -0.4 is 9.47 Å². The fraction of sp³-hybridized carbons (Fsp3) is 0.400. The summed E-state index contributed by atoms with van der Waals surface area (Å²) >= 11 is 0. The van der Waals surface area contributed by atoms with Crippen molar-refractivity contribution in [1.82, 2.24) is 0 Å². The van der Waals surface area contributed by atoms with Gasteiger partial charge in [0.25, 0.3) is 0 Å². The molecule has 0 heterocycles. The second-order valence-corrected chi connectivity index (χ2v) is 5.61. The predicted octanol–water partition coefficient (Wildman–Crippen LogP) is 5.43. The Balaban J connectivity index is 1.77. The smallest absolute Gasteiger partial charge is 0.119 e. The molecule has 2 aromatic rings. The van der Waals surface area contributed by atoms with Crippen molar-refractivity contribution in [2.75, 3.05) is 19.8 Å². The van der Waals surface area contributed by atoms with Gasteiger partial charge in [0.15, 0.2) is 0 Å². The lowest BCUT2D eigenvalue weighted by Gasteiger charge is -2.06. The van der Waals surface area contributed by atoms with E-state index in [0.29, 0.717) is 13.2 Å². The topological polar surface area (TPSA) is 63.4 Å². The van der Waals surface area contributed by atoms with Crippen molar-refractivity contribution in [2.45, 2.75) is 32.6 Å². The van der Waals surface area contributed by atoms with E-state index in [9.17, 15) is 0 Å². The lowest BCUT2D eigenvalue weighted by molar-refractivity contribution is 0.273. The van der Waals surface area contributed by atoms with Crippen LogP contribution in [-0.4, -0.2) is 24.9 Å². The summed E-state index contributed by atoms with van der Waals surface area (Å²) < 4.78 is 11.1. The van der Waals surface area contributed by atoms with Gasteiger partial charge in [0.05, 0.1) is 24.6 Å². The van der Waals surface area contributed by atoms with E-state index in [1.54, 1.807) is 0 Å². The SMILES string of the molecule is CCOc1ccc(N=Nc2ccc(OCCCCCCO)cc2)cc1. The maximum Gasteiger partial charge on any atom is 0.119 e. The Labute approximate surface area is 149 Å². The first-order chi connectivity index (χ1) is 12.3. The van der Waals surface area contributed by atoms with Gasteiger partial charge in [0.2, 0.25) is 0 Å². The number of unbranched alkanes of at least 4 members (excludes halogenated alkanes) is 3. The van der Waals surface area contributed by atoms with Gasteiger partial charge < -0.3 is 14.6 Å². The van der Waals surface area contributed by atoms with Crippen LogP contribution in [0, 0.1) is 0 Å². The summed E-state index contributed by atoms with van der Waals surface area (Å²) in [5.74, 6) is 1.67. The number of aliphatic hydroxyl groups is 1. The minimum atomic E-state index is 0.271. The Bertz CT molecular complexity index is 624. The third-order valence-electron chi connectivity index (χ3n) is 3.59. The van der Waals surface area contributed by atoms with Crippen LogP contribution in [0.1, 0.15) is 32.6 Å². The standard InChI is InChI=1S/C20H26N2O3/c1-2-24-19-11-7-17(8-12-19)21-22-18-9-13-20(14-10-18)25-16-6-4-3-5-15-23/h7-14,23H,2-6,15-16H2,1H3. The molecule has 0 bridgehead atoms. The molecule has 0 amide bonds. The summed E-state index contributed by atoms with van der Waals surface area (Å²) in [6.45, 7) is 3.57. The van der Waals surface area contributed by atoms with E-state index in [1.807, 2.05) is 55.5 Å². The summed E-state index contributed by atoms with van der Waals surface area (Å²) in [6, 6.07) is 15.1. The van der Waals surface area contributed by atoms with Crippen molar-refractivity contribution in [2.24, 2.45) is 10.2 Å². The first kappa shape index (κ1) is 18.9. The fourth-order valence-electron chi connectivity index (χ4n) is 2.26. The molecule has 0 saturated carbocycles. The van der Waals surface area contributed by atoms with Crippen molar-refractivity contribution >= 4 is 11.4 Å². The fourth-order valence-corrected chi connectivity index (χ4v) is 2.26. The minimum absolute atomic E-state index is 0.271. The molecule has 0 aliphatic rings. The van der Waals surface area contributed by atoms with Crippen LogP contribution in [0.25, 0.3) is 0 Å². The van der Waals surface area contributed by atoms with Crippen molar-refractivity contribution in [1.29, 1.82) is 0 Å². The lowest BCUT2D eigenvalue weighted by atomic mass is 10.2. The van der Waals surface area contributed by atoms with E-state index < -0.39 is 0 Å². The van der Waals surface area contributed by atoms with E-state index >= 15 is 0 Å². The number of nitrogens with zero attached hydrogens (tertiary/aromatic N) is 2. The monoisotopic (exact) mass is 342 g/mol. The Morgan fingerprint density at radius 3 is 1.76 bits per heavy atom. The maximum absolute atomic E-state index is 8.72. The molecule has 134 valence electrons. The zero-order valence-electron chi connectivity index (χ0n) is 14.7. The number of azo groups is 1. The molecule has 2 aromatic carbocycles. The zero-order valence-corrected chi connectivity index (χ0v) is 14.7. The highest BCUT2D eigenvalue weighted by Gasteiger charge is 1.97. The molecule has 0 aromatic heterocycles. The Kier molecular flexibility index (Phi) is 8.49. The molecule has 5 nitrogen and oxygen atoms in total. The highest BCUT2D eigenvalue weighted by Crippen LogP contribution is 2.23. The van der Waals surface area contributed by atoms with E-state index in [-0.39, 0.29) is 6.61 Å². The summed E-state index contributed by atoms with van der Waals surface area (Å²) in [4.78, 5) is 0. The molecule has 0 aliphatic carbocycles. The maximum atomic E-state index is 8.72. The van der Waals surface area contributed by atoms with E-state index in [2.05, 4.69) is 10.2 Å². The van der Waals surface area contributed by atoms with Crippen molar-refractivity contribution in [3.05, 3.63) is 48.5 Å². The number of hydrogen-bond donors (Lipinski definition) is 1.